The number of piperidine rings is 1. The monoisotopic (exact) mass is 292 g/mol. The van der Waals surface area contributed by atoms with Crippen LogP contribution in [0, 0.1) is 5.92 Å². The second-order valence-electron chi connectivity index (χ2n) is 6.04. The van der Waals surface area contributed by atoms with Crippen molar-refractivity contribution < 1.29 is 9.47 Å². The van der Waals surface area contributed by atoms with Crippen LogP contribution >= 0.6 is 0 Å². The maximum Gasteiger partial charge on any atom is 0.118 e. The molecule has 4 heteroatoms. The van der Waals surface area contributed by atoms with Crippen molar-refractivity contribution in [3.8, 4) is 5.75 Å². The summed E-state index contributed by atoms with van der Waals surface area (Å²) in [4.78, 5) is 2.51. The summed E-state index contributed by atoms with van der Waals surface area (Å²) >= 11 is 0. The number of benzene rings is 1. The predicted molar refractivity (Wildman–Crippen MR) is 85.6 cm³/mol. The van der Waals surface area contributed by atoms with Crippen LogP contribution < -0.4 is 10.5 Å². The van der Waals surface area contributed by atoms with Crippen molar-refractivity contribution in [1.82, 2.24) is 4.90 Å². The molecule has 1 aromatic rings. The van der Waals surface area contributed by atoms with Crippen molar-refractivity contribution in [3.63, 3.8) is 0 Å². The van der Waals surface area contributed by atoms with Crippen LogP contribution in [0.3, 0.4) is 0 Å². The zero-order chi connectivity index (χ0) is 15.2. The number of rotatable bonds is 6. The molecule has 1 aliphatic heterocycles. The van der Waals surface area contributed by atoms with Gasteiger partial charge in [0.2, 0.25) is 0 Å². The fourth-order valence-electron chi connectivity index (χ4n) is 3.37. The van der Waals surface area contributed by atoms with E-state index in [0.717, 1.165) is 25.4 Å². The Balaban J connectivity index is 2.13. The molecule has 1 saturated heterocycles. The highest BCUT2D eigenvalue weighted by Gasteiger charge is 2.29. The molecule has 0 bridgehead atoms. The number of nitrogens with two attached hydrogens (primary N) is 1. The zero-order valence-corrected chi connectivity index (χ0v) is 13.4. The van der Waals surface area contributed by atoms with Crippen LogP contribution in [-0.4, -0.2) is 44.9 Å². The van der Waals surface area contributed by atoms with E-state index in [1.165, 1.54) is 18.4 Å². The molecule has 3 atom stereocenters. The first-order valence-electron chi connectivity index (χ1n) is 7.78. The van der Waals surface area contributed by atoms with E-state index in [9.17, 15) is 0 Å². The first-order valence-corrected chi connectivity index (χ1v) is 7.78. The topological polar surface area (TPSA) is 47.7 Å². The maximum absolute atomic E-state index is 6.29. The highest BCUT2D eigenvalue weighted by atomic mass is 16.5. The van der Waals surface area contributed by atoms with E-state index in [1.54, 1.807) is 14.2 Å². The van der Waals surface area contributed by atoms with Gasteiger partial charge in [0.25, 0.3) is 0 Å². The van der Waals surface area contributed by atoms with Gasteiger partial charge in [-0.15, -0.1) is 0 Å². The van der Waals surface area contributed by atoms with Crippen molar-refractivity contribution in [1.29, 1.82) is 0 Å². The Morgan fingerprint density at radius 3 is 2.57 bits per heavy atom. The van der Waals surface area contributed by atoms with Crippen LogP contribution in [0.15, 0.2) is 24.3 Å². The lowest BCUT2D eigenvalue weighted by Crippen LogP contribution is -2.45. The van der Waals surface area contributed by atoms with E-state index < -0.39 is 0 Å². The van der Waals surface area contributed by atoms with Gasteiger partial charge in [0, 0.05) is 25.7 Å². The van der Waals surface area contributed by atoms with Crippen molar-refractivity contribution >= 4 is 0 Å². The van der Waals surface area contributed by atoms with Gasteiger partial charge < -0.3 is 15.2 Å². The minimum Gasteiger partial charge on any atom is -0.497 e. The number of likely N-dealkylation sites (tertiary alicyclic amines) is 1. The molecule has 1 heterocycles. The Morgan fingerprint density at radius 1 is 1.29 bits per heavy atom. The minimum absolute atomic E-state index is 0.0969. The van der Waals surface area contributed by atoms with Crippen molar-refractivity contribution in [2.75, 3.05) is 33.9 Å². The van der Waals surface area contributed by atoms with Crippen LogP contribution in [0.5, 0.6) is 5.75 Å². The van der Waals surface area contributed by atoms with Crippen molar-refractivity contribution in [2.24, 2.45) is 11.7 Å². The number of methoxy groups -OCH3 is 2. The smallest absolute Gasteiger partial charge is 0.118 e. The molecule has 0 radical (unpaired) electrons. The van der Waals surface area contributed by atoms with Gasteiger partial charge in [-0.3, -0.25) is 4.90 Å². The average Bonchev–Trinajstić information content (AvgIpc) is 2.48. The molecule has 0 saturated carbocycles. The van der Waals surface area contributed by atoms with Gasteiger partial charge in [0.15, 0.2) is 0 Å². The molecule has 2 rings (SSSR count). The molecule has 0 spiro atoms. The molecule has 1 fully saturated rings. The Hall–Kier alpha value is -1.10. The highest BCUT2D eigenvalue weighted by molar-refractivity contribution is 5.30. The lowest BCUT2D eigenvalue weighted by Gasteiger charge is -2.40. The van der Waals surface area contributed by atoms with Crippen LogP contribution in [0.1, 0.15) is 31.4 Å². The molecule has 0 amide bonds. The van der Waals surface area contributed by atoms with Gasteiger partial charge in [-0.1, -0.05) is 12.1 Å². The summed E-state index contributed by atoms with van der Waals surface area (Å²) in [6.07, 6.45) is 2.46. The average molecular weight is 292 g/mol. The summed E-state index contributed by atoms with van der Waals surface area (Å²) in [6.45, 7) is 5.10. The normalized spacial score (nSPS) is 22.8. The highest BCUT2D eigenvalue weighted by Crippen LogP contribution is 2.30. The molecule has 118 valence electrons. The maximum atomic E-state index is 6.29. The second kappa shape index (κ2) is 7.78. The van der Waals surface area contributed by atoms with E-state index in [-0.39, 0.29) is 12.1 Å². The summed E-state index contributed by atoms with van der Waals surface area (Å²) in [5.74, 6) is 1.50. The lowest BCUT2D eigenvalue weighted by atomic mass is 9.92. The van der Waals surface area contributed by atoms with Gasteiger partial charge >= 0.3 is 0 Å². The third-order valence-corrected chi connectivity index (χ3v) is 4.30. The van der Waals surface area contributed by atoms with E-state index >= 15 is 0 Å². The molecular weight excluding hydrogens is 264 g/mol. The van der Waals surface area contributed by atoms with Gasteiger partial charge in [-0.05, 0) is 49.9 Å². The molecule has 1 aromatic carbocycles. The lowest BCUT2D eigenvalue weighted by molar-refractivity contribution is 0.0618. The fourth-order valence-corrected chi connectivity index (χ4v) is 3.37. The standard InChI is InChI=1S/C17H28N2O2/c1-13(18)17(15-6-8-16(21-3)9-7-15)19-10-4-5-14(11-19)12-20-2/h6-9,13-14,17H,4-5,10-12,18H2,1-3H3. The van der Waals surface area contributed by atoms with Crippen LogP contribution in [0.25, 0.3) is 0 Å². The minimum atomic E-state index is 0.0969. The number of hydrogen-bond donors (Lipinski definition) is 1. The molecular formula is C17H28N2O2. The van der Waals surface area contributed by atoms with Gasteiger partial charge in [0.05, 0.1) is 13.7 Å². The van der Waals surface area contributed by atoms with Gasteiger partial charge in [-0.2, -0.15) is 0 Å². The van der Waals surface area contributed by atoms with E-state index in [2.05, 4.69) is 24.0 Å². The quantitative estimate of drug-likeness (QED) is 0.875. The number of ether oxygens (including phenoxy) is 2. The van der Waals surface area contributed by atoms with Crippen molar-refractivity contribution in [2.45, 2.75) is 31.8 Å². The van der Waals surface area contributed by atoms with Crippen LogP contribution in [0.4, 0.5) is 0 Å². The largest absolute Gasteiger partial charge is 0.497 e. The van der Waals surface area contributed by atoms with E-state index in [0.29, 0.717) is 5.92 Å². The Morgan fingerprint density at radius 2 is 2.00 bits per heavy atom. The van der Waals surface area contributed by atoms with Gasteiger partial charge in [0.1, 0.15) is 5.75 Å². The Bertz CT molecular complexity index is 417. The van der Waals surface area contributed by atoms with Crippen LogP contribution in [-0.2, 0) is 4.74 Å². The summed E-state index contributed by atoms with van der Waals surface area (Å²) in [6, 6.07) is 8.65. The second-order valence-corrected chi connectivity index (χ2v) is 6.04. The molecule has 21 heavy (non-hydrogen) atoms. The van der Waals surface area contributed by atoms with Crippen LogP contribution in [0.2, 0.25) is 0 Å². The summed E-state index contributed by atoms with van der Waals surface area (Å²) < 4.78 is 10.6. The zero-order valence-electron chi connectivity index (χ0n) is 13.4. The molecule has 0 aliphatic carbocycles. The summed E-state index contributed by atoms with van der Waals surface area (Å²) in [7, 11) is 3.48. The molecule has 0 aromatic heterocycles. The SMILES string of the molecule is COCC1CCCN(C(c2ccc(OC)cc2)C(C)N)C1. The Labute approximate surface area is 128 Å². The number of nitrogens with zero attached hydrogens (tertiary/aromatic N) is 1. The third-order valence-electron chi connectivity index (χ3n) is 4.30. The molecule has 1 aliphatic rings. The third kappa shape index (κ3) is 4.19. The summed E-state index contributed by atoms with van der Waals surface area (Å²) in [5, 5.41) is 0. The van der Waals surface area contributed by atoms with E-state index in [1.807, 2.05) is 12.1 Å². The first-order chi connectivity index (χ1) is 10.2. The fraction of sp³-hybridized carbons (Fsp3) is 0.647. The van der Waals surface area contributed by atoms with Crippen molar-refractivity contribution in [3.05, 3.63) is 29.8 Å². The number of hydrogen-bond acceptors (Lipinski definition) is 4. The van der Waals surface area contributed by atoms with E-state index in [4.69, 9.17) is 15.2 Å². The molecule has 2 N–H and O–H groups in total. The molecule has 4 nitrogen and oxygen atoms in total. The van der Waals surface area contributed by atoms with Gasteiger partial charge in [-0.25, -0.2) is 0 Å². The predicted octanol–water partition coefficient (Wildman–Crippen LogP) is 2.44. The molecule has 3 unspecified atom stereocenters. The summed E-state index contributed by atoms with van der Waals surface area (Å²) in [5.41, 5.74) is 7.55. The first kappa shape index (κ1) is 16.3. The Kier molecular flexibility index (Phi) is 6.03.